The summed E-state index contributed by atoms with van der Waals surface area (Å²) in [7, 11) is 1.82. The maximum atomic E-state index is 9.70. The lowest BCUT2D eigenvalue weighted by molar-refractivity contribution is 0.177. The fourth-order valence-electron chi connectivity index (χ4n) is 1.29. The van der Waals surface area contributed by atoms with Crippen LogP contribution in [0.25, 0.3) is 0 Å². The molecule has 1 unspecified atom stereocenters. The number of rotatable bonds is 5. The monoisotopic (exact) mass is 231 g/mol. The molecule has 86 valence electrons. The third-order valence-electron chi connectivity index (χ3n) is 1.95. The molecule has 0 aliphatic heterocycles. The Bertz CT molecular complexity index is 281. The Morgan fingerprint density at radius 1 is 1.47 bits per heavy atom. The van der Waals surface area contributed by atoms with E-state index < -0.39 is 6.10 Å². The standard InChI is InChI=1S/C11H17NO2.ClH/c1-3-14-10-6-4-5-9(7-10)11(13)8-12-2;/h4-7,11-13H,3,8H2,1-2H3;1H. The number of ether oxygens (including phenoxy) is 1. The number of aliphatic hydroxyl groups excluding tert-OH is 1. The summed E-state index contributed by atoms with van der Waals surface area (Å²) >= 11 is 0. The second kappa shape index (κ2) is 7.51. The van der Waals surface area contributed by atoms with Crippen LogP contribution < -0.4 is 10.1 Å². The first-order valence-corrected chi connectivity index (χ1v) is 4.83. The molecule has 0 amide bonds. The molecular weight excluding hydrogens is 214 g/mol. The maximum absolute atomic E-state index is 9.70. The minimum absolute atomic E-state index is 0. The zero-order chi connectivity index (χ0) is 10.4. The van der Waals surface area contributed by atoms with Crippen LogP contribution in [0.15, 0.2) is 24.3 Å². The first-order chi connectivity index (χ1) is 6.77. The number of hydrogen-bond donors (Lipinski definition) is 2. The van der Waals surface area contributed by atoms with Crippen molar-refractivity contribution in [2.24, 2.45) is 0 Å². The van der Waals surface area contributed by atoms with Crippen molar-refractivity contribution in [1.82, 2.24) is 5.32 Å². The molecule has 0 bridgehead atoms. The zero-order valence-electron chi connectivity index (χ0n) is 9.06. The molecule has 0 saturated carbocycles. The maximum Gasteiger partial charge on any atom is 0.119 e. The Hall–Kier alpha value is -0.770. The van der Waals surface area contributed by atoms with E-state index in [0.29, 0.717) is 13.2 Å². The number of benzene rings is 1. The van der Waals surface area contributed by atoms with E-state index in [4.69, 9.17) is 4.74 Å². The lowest BCUT2D eigenvalue weighted by atomic mass is 10.1. The Balaban J connectivity index is 0.00000196. The van der Waals surface area contributed by atoms with E-state index in [0.717, 1.165) is 11.3 Å². The van der Waals surface area contributed by atoms with Gasteiger partial charge in [0.15, 0.2) is 0 Å². The van der Waals surface area contributed by atoms with Gasteiger partial charge in [-0.2, -0.15) is 0 Å². The molecule has 1 rings (SSSR count). The van der Waals surface area contributed by atoms with Gasteiger partial charge in [0.25, 0.3) is 0 Å². The van der Waals surface area contributed by atoms with Crippen LogP contribution in [0.3, 0.4) is 0 Å². The smallest absolute Gasteiger partial charge is 0.119 e. The third kappa shape index (κ3) is 4.51. The average Bonchev–Trinajstić information content (AvgIpc) is 2.19. The Morgan fingerprint density at radius 3 is 2.80 bits per heavy atom. The van der Waals surface area contributed by atoms with Crippen LogP contribution in [0.4, 0.5) is 0 Å². The van der Waals surface area contributed by atoms with Gasteiger partial charge in [0.1, 0.15) is 5.75 Å². The first kappa shape index (κ1) is 14.2. The fourth-order valence-corrected chi connectivity index (χ4v) is 1.29. The lowest BCUT2D eigenvalue weighted by Gasteiger charge is -2.11. The summed E-state index contributed by atoms with van der Waals surface area (Å²) in [5.41, 5.74) is 0.880. The number of halogens is 1. The first-order valence-electron chi connectivity index (χ1n) is 4.83. The van der Waals surface area contributed by atoms with Gasteiger partial charge < -0.3 is 15.2 Å². The van der Waals surface area contributed by atoms with Crippen molar-refractivity contribution in [3.8, 4) is 5.75 Å². The molecule has 3 nitrogen and oxygen atoms in total. The quantitative estimate of drug-likeness (QED) is 0.812. The van der Waals surface area contributed by atoms with E-state index in [1.54, 1.807) is 0 Å². The van der Waals surface area contributed by atoms with Crippen LogP contribution in [0, 0.1) is 0 Å². The lowest BCUT2D eigenvalue weighted by Crippen LogP contribution is -2.16. The van der Waals surface area contributed by atoms with Crippen molar-refractivity contribution < 1.29 is 9.84 Å². The van der Waals surface area contributed by atoms with Gasteiger partial charge in [-0.15, -0.1) is 12.4 Å². The Labute approximate surface area is 96.9 Å². The predicted octanol–water partition coefficient (Wildman–Crippen LogP) is 1.76. The van der Waals surface area contributed by atoms with Gasteiger partial charge in [0.2, 0.25) is 0 Å². The van der Waals surface area contributed by atoms with Gasteiger partial charge >= 0.3 is 0 Å². The highest BCUT2D eigenvalue weighted by atomic mass is 35.5. The molecule has 0 radical (unpaired) electrons. The van der Waals surface area contributed by atoms with Crippen LogP contribution in [-0.4, -0.2) is 25.3 Å². The predicted molar refractivity (Wildman–Crippen MR) is 63.7 cm³/mol. The third-order valence-corrected chi connectivity index (χ3v) is 1.95. The summed E-state index contributed by atoms with van der Waals surface area (Å²) in [6, 6.07) is 7.54. The van der Waals surface area contributed by atoms with E-state index in [-0.39, 0.29) is 12.4 Å². The molecular formula is C11H18ClNO2. The molecule has 4 heteroatoms. The van der Waals surface area contributed by atoms with E-state index in [1.807, 2.05) is 38.2 Å². The molecule has 0 aromatic heterocycles. The molecule has 0 saturated heterocycles. The van der Waals surface area contributed by atoms with Gasteiger partial charge in [-0.1, -0.05) is 12.1 Å². The fraction of sp³-hybridized carbons (Fsp3) is 0.455. The van der Waals surface area contributed by atoms with Crippen LogP contribution in [0.1, 0.15) is 18.6 Å². The number of nitrogens with one attached hydrogen (secondary N) is 1. The van der Waals surface area contributed by atoms with Crippen molar-refractivity contribution in [2.45, 2.75) is 13.0 Å². The Kier molecular flexibility index (Phi) is 7.13. The van der Waals surface area contributed by atoms with Crippen molar-refractivity contribution in [2.75, 3.05) is 20.2 Å². The zero-order valence-corrected chi connectivity index (χ0v) is 9.88. The van der Waals surface area contributed by atoms with Crippen molar-refractivity contribution in [3.63, 3.8) is 0 Å². The number of likely N-dealkylation sites (N-methyl/N-ethyl adjacent to an activating group) is 1. The SMILES string of the molecule is CCOc1cccc(C(O)CNC)c1.Cl. The van der Waals surface area contributed by atoms with Gasteiger partial charge in [-0.3, -0.25) is 0 Å². The molecule has 2 N–H and O–H groups in total. The summed E-state index contributed by atoms with van der Waals surface area (Å²) in [6.45, 7) is 3.14. The van der Waals surface area contributed by atoms with E-state index in [9.17, 15) is 5.11 Å². The number of aliphatic hydroxyl groups is 1. The summed E-state index contributed by atoms with van der Waals surface area (Å²) in [5.74, 6) is 0.806. The van der Waals surface area contributed by atoms with Crippen molar-refractivity contribution >= 4 is 12.4 Å². The highest BCUT2D eigenvalue weighted by molar-refractivity contribution is 5.85. The minimum atomic E-state index is -0.472. The van der Waals surface area contributed by atoms with Gasteiger partial charge in [-0.05, 0) is 31.7 Å². The molecule has 0 fully saturated rings. The average molecular weight is 232 g/mol. The minimum Gasteiger partial charge on any atom is -0.494 e. The van der Waals surface area contributed by atoms with Crippen LogP contribution in [-0.2, 0) is 0 Å². The summed E-state index contributed by atoms with van der Waals surface area (Å²) in [4.78, 5) is 0. The van der Waals surface area contributed by atoms with Crippen molar-refractivity contribution in [3.05, 3.63) is 29.8 Å². The van der Waals surface area contributed by atoms with E-state index in [1.165, 1.54) is 0 Å². The topological polar surface area (TPSA) is 41.5 Å². The van der Waals surface area contributed by atoms with E-state index >= 15 is 0 Å². The molecule has 0 aliphatic rings. The molecule has 1 aromatic carbocycles. The molecule has 0 spiro atoms. The molecule has 1 atom stereocenters. The Morgan fingerprint density at radius 2 is 2.20 bits per heavy atom. The van der Waals surface area contributed by atoms with Crippen LogP contribution in [0.5, 0.6) is 5.75 Å². The van der Waals surface area contributed by atoms with Crippen molar-refractivity contribution in [1.29, 1.82) is 0 Å². The second-order valence-electron chi connectivity index (χ2n) is 3.08. The highest BCUT2D eigenvalue weighted by Gasteiger charge is 2.06. The van der Waals surface area contributed by atoms with Crippen LogP contribution in [0.2, 0.25) is 0 Å². The van der Waals surface area contributed by atoms with Gasteiger partial charge in [0.05, 0.1) is 12.7 Å². The largest absolute Gasteiger partial charge is 0.494 e. The summed E-state index contributed by atoms with van der Waals surface area (Å²) < 4.78 is 5.34. The second-order valence-corrected chi connectivity index (χ2v) is 3.08. The van der Waals surface area contributed by atoms with Gasteiger partial charge in [-0.25, -0.2) is 0 Å². The molecule has 1 aromatic rings. The molecule has 15 heavy (non-hydrogen) atoms. The van der Waals surface area contributed by atoms with Crippen LogP contribution >= 0.6 is 12.4 Å². The normalized spacial score (nSPS) is 11.7. The van der Waals surface area contributed by atoms with Gasteiger partial charge in [0, 0.05) is 6.54 Å². The summed E-state index contributed by atoms with van der Waals surface area (Å²) in [6.07, 6.45) is -0.472. The number of hydrogen-bond acceptors (Lipinski definition) is 3. The summed E-state index contributed by atoms with van der Waals surface area (Å²) in [5, 5.41) is 12.6. The molecule has 0 heterocycles. The molecule has 0 aliphatic carbocycles. The van der Waals surface area contributed by atoms with E-state index in [2.05, 4.69) is 5.32 Å². The highest BCUT2D eigenvalue weighted by Crippen LogP contribution is 2.18.